The summed E-state index contributed by atoms with van der Waals surface area (Å²) in [7, 11) is 2.99. The first kappa shape index (κ1) is 26.8. The lowest BCUT2D eigenvalue weighted by molar-refractivity contribution is -0.123. The van der Waals surface area contributed by atoms with Gasteiger partial charge in [-0.1, -0.05) is 59.6 Å². The van der Waals surface area contributed by atoms with Gasteiger partial charge in [0.15, 0.2) is 18.1 Å². The van der Waals surface area contributed by atoms with Crippen LogP contribution in [0, 0.1) is 0 Å². The van der Waals surface area contributed by atoms with Gasteiger partial charge in [-0.15, -0.1) is 0 Å². The van der Waals surface area contributed by atoms with Crippen LogP contribution in [0.3, 0.4) is 0 Å². The number of halogens is 2. The summed E-state index contributed by atoms with van der Waals surface area (Å²) < 4.78 is 21.6. The Balaban J connectivity index is 1.53. The van der Waals surface area contributed by atoms with Gasteiger partial charge in [-0.25, -0.2) is 10.2 Å². The first-order valence-electron chi connectivity index (χ1n) is 11.3. The van der Waals surface area contributed by atoms with Crippen LogP contribution in [0.25, 0.3) is 10.8 Å². The van der Waals surface area contributed by atoms with E-state index in [4.69, 9.17) is 42.1 Å². The predicted molar refractivity (Wildman–Crippen MR) is 146 cm³/mol. The van der Waals surface area contributed by atoms with E-state index in [9.17, 15) is 9.59 Å². The van der Waals surface area contributed by atoms with Gasteiger partial charge < -0.3 is 18.9 Å². The van der Waals surface area contributed by atoms with E-state index in [1.165, 1.54) is 26.5 Å². The third-order valence-electron chi connectivity index (χ3n) is 5.41. The maximum absolute atomic E-state index is 13.0. The van der Waals surface area contributed by atoms with Crippen LogP contribution in [0.2, 0.25) is 10.0 Å². The molecule has 0 atom stereocenters. The fraction of sp³-hybridized carbons (Fsp3) is 0.107. The van der Waals surface area contributed by atoms with Crippen LogP contribution in [-0.4, -0.2) is 38.9 Å². The minimum Gasteiger partial charge on any atom is -0.493 e. The monoisotopic (exact) mass is 552 g/mol. The smallest absolute Gasteiger partial charge is 0.343 e. The summed E-state index contributed by atoms with van der Waals surface area (Å²) in [4.78, 5) is 25.2. The molecule has 0 bridgehead atoms. The lowest BCUT2D eigenvalue weighted by atomic mass is 10.0. The molecule has 1 N–H and O–H groups in total. The van der Waals surface area contributed by atoms with Gasteiger partial charge in [-0.3, -0.25) is 4.79 Å². The highest BCUT2D eigenvalue weighted by molar-refractivity contribution is 6.42. The number of carbonyl (C=O) groups excluding carboxylic acids is 2. The van der Waals surface area contributed by atoms with Gasteiger partial charge in [0, 0.05) is 5.56 Å². The van der Waals surface area contributed by atoms with E-state index in [1.54, 1.807) is 36.4 Å². The minimum atomic E-state index is -0.605. The Labute approximate surface area is 228 Å². The van der Waals surface area contributed by atoms with Crippen molar-refractivity contribution in [3.8, 4) is 23.0 Å². The molecule has 0 aliphatic carbocycles. The van der Waals surface area contributed by atoms with Crippen molar-refractivity contribution in [2.75, 3.05) is 20.8 Å². The summed E-state index contributed by atoms with van der Waals surface area (Å²) in [5.41, 5.74) is 3.16. The zero-order chi connectivity index (χ0) is 27.1. The van der Waals surface area contributed by atoms with Crippen LogP contribution in [0.4, 0.5) is 0 Å². The molecule has 0 aromatic heterocycles. The van der Waals surface area contributed by atoms with Crippen LogP contribution in [0.1, 0.15) is 15.9 Å². The average Bonchev–Trinajstić information content (AvgIpc) is 2.94. The molecule has 0 spiro atoms. The van der Waals surface area contributed by atoms with E-state index < -0.39 is 11.9 Å². The number of fused-ring (bicyclic) bond motifs is 1. The molecule has 0 aliphatic rings. The lowest BCUT2D eigenvalue weighted by Gasteiger charge is -2.12. The van der Waals surface area contributed by atoms with Gasteiger partial charge in [-0.2, -0.15) is 5.10 Å². The number of carbonyl (C=O) groups is 2. The molecule has 8 nitrogen and oxygen atoms in total. The second-order valence-corrected chi connectivity index (χ2v) is 8.58. The summed E-state index contributed by atoms with van der Waals surface area (Å²) in [6, 6.07) is 20.6. The summed E-state index contributed by atoms with van der Waals surface area (Å²) in [6.07, 6.45) is 1.41. The van der Waals surface area contributed by atoms with Crippen molar-refractivity contribution in [2.45, 2.75) is 0 Å². The van der Waals surface area contributed by atoms with Crippen LogP contribution >= 0.6 is 23.2 Å². The normalized spacial score (nSPS) is 10.8. The van der Waals surface area contributed by atoms with Crippen molar-refractivity contribution in [3.05, 3.63) is 94.0 Å². The number of esters is 1. The molecule has 0 heterocycles. The van der Waals surface area contributed by atoms with Gasteiger partial charge in [0.2, 0.25) is 0 Å². The molecule has 38 heavy (non-hydrogen) atoms. The average molecular weight is 553 g/mol. The van der Waals surface area contributed by atoms with E-state index in [2.05, 4.69) is 10.5 Å². The maximum Gasteiger partial charge on any atom is 0.343 e. The molecular weight excluding hydrogens is 531 g/mol. The molecule has 4 rings (SSSR count). The highest BCUT2D eigenvalue weighted by Gasteiger charge is 2.16. The van der Waals surface area contributed by atoms with Crippen molar-refractivity contribution in [1.29, 1.82) is 0 Å². The Morgan fingerprint density at radius 1 is 0.868 bits per heavy atom. The Kier molecular flexibility index (Phi) is 8.68. The summed E-state index contributed by atoms with van der Waals surface area (Å²) in [6.45, 7) is -0.339. The van der Waals surface area contributed by atoms with Gasteiger partial charge in [0.25, 0.3) is 5.91 Å². The molecule has 1 amide bonds. The van der Waals surface area contributed by atoms with E-state index in [-0.39, 0.29) is 28.7 Å². The Hall–Kier alpha value is -4.27. The number of hydrogen-bond acceptors (Lipinski definition) is 7. The Morgan fingerprint density at radius 2 is 1.63 bits per heavy atom. The molecule has 0 radical (unpaired) electrons. The molecular formula is C28H22Cl2N2O6. The van der Waals surface area contributed by atoms with Crippen molar-refractivity contribution >= 4 is 52.1 Å². The topological polar surface area (TPSA) is 95.5 Å². The summed E-state index contributed by atoms with van der Waals surface area (Å²) in [5.74, 6) is 0.277. The van der Waals surface area contributed by atoms with E-state index in [1.807, 2.05) is 30.3 Å². The Bertz CT molecular complexity index is 1520. The number of hydrogen-bond donors (Lipinski definition) is 1. The van der Waals surface area contributed by atoms with Gasteiger partial charge in [-0.05, 0) is 47.2 Å². The van der Waals surface area contributed by atoms with Crippen molar-refractivity contribution in [3.63, 3.8) is 0 Å². The predicted octanol–water partition coefficient (Wildman–Crippen LogP) is 5.91. The Morgan fingerprint density at radius 3 is 2.42 bits per heavy atom. The number of nitrogens with one attached hydrogen (secondary N) is 1. The molecule has 0 saturated heterocycles. The molecule has 0 saturated carbocycles. The van der Waals surface area contributed by atoms with Crippen LogP contribution < -0.4 is 24.4 Å². The van der Waals surface area contributed by atoms with E-state index in [0.29, 0.717) is 22.1 Å². The fourth-order valence-corrected chi connectivity index (χ4v) is 3.91. The molecule has 10 heteroatoms. The first-order valence-corrected chi connectivity index (χ1v) is 12.0. The largest absolute Gasteiger partial charge is 0.493 e. The molecule has 0 aliphatic heterocycles. The van der Waals surface area contributed by atoms with Crippen molar-refractivity contribution in [2.24, 2.45) is 5.10 Å². The number of ether oxygens (including phenoxy) is 4. The summed E-state index contributed by atoms with van der Waals surface area (Å²) >= 11 is 12.0. The second kappa shape index (κ2) is 12.3. The third-order valence-corrected chi connectivity index (χ3v) is 6.21. The quantitative estimate of drug-likeness (QED) is 0.120. The standard InChI is InChI=1S/C28H22Cl2N2O6/c1-35-23-13-11-18(14-25(23)36-2)28(34)38-22-12-10-17-6-3-4-7-19(17)20(22)15-31-32-26(33)16-37-24-9-5-8-21(29)27(24)30/h3-15H,16H2,1-2H3,(H,32,33)/b31-15+. The van der Waals surface area contributed by atoms with Gasteiger partial charge in [0.05, 0.1) is 31.0 Å². The van der Waals surface area contributed by atoms with Crippen LogP contribution in [0.15, 0.2) is 77.9 Å². The maximum atomic E-state index is 13.0. The van der Waals surface area contributed by atoms with Gasteiger partial charge in [0.1, 0.15) is 16.5 Å². The SMILES string of the molecule is COc1ccc(C(=O)Oc2ccc3ccccc3c2/C=N/NC(=O)COc2cccc(Cl)c2Cl)cc1OC. The zero-order valence-electron chi connectivity index (χ0n) is 20.4. The first-order chi connectivity index (χ1) is 18.4. The van der Waals surface area contributed by atoms with E-state index >= 15 is 0 Å². The highest BCUT2D eigenvalue weighted by atomic mass is 35.5. The van der Waals surface area contributed by atoms with Crippen LogP contribution in [-0.2, 0) is 4.79 Å². The van der Waals surface area contributed by atoms with Crippen LogP contribution in [0.5, 0.6) is 23.0 Å². The van der Waals surface area contributed by atoms with Gasteiger partial charge >= 0.3 is 5.97 Å². The number of methoxy groups -OCH3 is 2. The highest BCUT2D eigenvalue weighted by Crippen LogP contribution is 2.32. The molecule has 4 aromatic rings. The van der Waals surface area contributed by atoms with Crippen molar-refractivity contribution in [1.82, 2.24) is 5.43 Å². The number of hydrazone groups is 1. The second-order valence-electron chi connectivity index (χ2n) is 7.79. The molecule has 194 valence electrons. The fourth-order valence-electron chi connectivity index (χ4n) is 3.56. The minimum absolute atomic E-state index is 0.210. The molecule has 0 fully saturated rings. The van der Waals surface area contributed by atoms with E-state index in [0.717, 1.165) is 10.8 Å². The lowest BCUT2D eigenvalue weighted by Crippen LogP contribution is -2.24. The zero-order valence-corrected chi connectivity index (χ0v) is 21.9. The van der Waals surface area contributed by atoms with Crippen molar-refractivity contribution < 1.29 is 28.5 Å². The number of amides is 1. The number of nitrogens with zero attached hydrogens (tertiary/aromatic N) is 1. The number of benzene rings is 4. The molecule has 4 aromatic carbocycles. The molecule has 0 unspecified atom stereocenters. The summed E-state index contributed by atoms with van der Waals surface area (Å²) in [5, 5.41) is 6.23. The number of rotatable bonds is 9. The third kappa shape index (κ3) is 6.16.